The minimum absolute atomic E-state index is 0.111. The van der Waals surface area contributed by atoms with Crippen LogP contribution in [-0.2, 0) is 30.3 Å². The van der Waals surface area contributed by atoms with Gasteiger partial charge in [-0.05, 0) is 42.0 Å². The molecule has 0 unspecified atom stereocenters. The van der Waals surface area contributed by atoms with Crippen molar-refractivity contribution in [3.05, 3.63) is 93.7 Å². The third kappa shape index (κ3) is 6.93. The molecule has 1 heterocycles. The van der Waals surface area contributed by atoms with Gasteiger partial charge in [0.25, 0.3) is 17.7 Å². The molecular weight excluding hydrogens is 568 g/mol. The second-order valence-corrected chi connectivity index (χ2v) is 9.43. The van der Waals surface area contributed by atoms with E-state index in [4.69, 9.17) is 32.7 Å². The van der Waals surface area contributed by atoms with Gasteiger partial charge in [0.05, 0.1) is 21.3 Å². The topological polar surface area (TPSA) is 143 Å². The molecule has 1 aliphatic heterocycles. The molecule has 4 rings (SSSR count). The smallest absolute Gasteiger partial charge is 0.326 e. The number of carbonyl (C=O) groups excluding carboxylic acids is 3. The lowest BCUT2D eigenvalue weighted by atomic mass is 10.0. The van der Waals surface area contributed by atoms with Crippen LogP contribution in [-0.4, -0.2) is 53.8 Å². The van der Waals surface area contributed by atoms with Gasteiger partial charge in [0.2, 0.25) is 0 Å². The number of hydrogen-bond donors (Lipinski definition) is 4. The van der Waals surface area contributed by atoms with Crippen molar-refractivity contribution in [2.75, 3.05) is 17.4 Å². The molecule has 10 nitrogen and oxygen atoms in total. The van der Waals surface area contributed by atoms with Crippen molar-refractivity contribution in [3.63, 3.8) is 0 Å². The molecule has 0 radical (unpaired) electrons. The van der Waals surface area contributed by atoms with E-state index in [0.717, 1.165) is 6.07 Å². The highest BCUT2D eigenvalue weighted by Gasteiger charge is 2.42. The first kappa shape index (κ1) is 29.0. The van der Waals surface area contributed by atoms with Gasteiger partial charge in [-0.15, -0.1) is 0 Å². The molecular formula is C27H22Cl2FN3O7. The van der Waals surface area contributed by atoms with Gasteiger partial charge in [0, 0.05) is 12.1 Å². The molecule has 1 aliphatic rings. The second kappa shape index (κ2) is 12.9. The average Bonchev–Trinajstić information content (AvgIpc) is 3.41. The monoisotopic (exact) mass is 589 g/mol. The lowest BCUT2D eigenvalue weighted by molar-refractivity contribution is -0.144. The Hall–Kier alpha value is -4.03. The Morgan fingerprint density at radius 1 is 0.875 bits per heavy atom. The molecule has 3 aromatic rings. The molecule has 0 aromatic heterocycles. The number of carbonyl (C=O) groups is 4. The van der Waals surface area contributed by atoms with E-state index in [1.54, 1.807) is 30.3 Å². The highest BCUT2D eigenvalue weighted by molar-refractivity contribution is 6.40. The van der Waals surface area contributed by atoms with Crippen molar-refractivity contribution < 1.29 is 38.1 Å². The van der Waals surface area contributed by atoms with Crippen LogP contribution in [0.2, 0.25) is 10.0 Å². The number of carboxylic acids is 1. The van der Waals surface area contributed by atoms with Crippen LogP contribution in [0.15, 0.2) is 66.7 Å². The highest BCUT2D eigenvalue weighted by Crippen LogP contribution is 2.25. The number of ether oxygens (including phenoxy) is 2. The molecule has 4 N–H and O–H groups in total. The van der Waals surface area contributed by atoms with Crippen LogP contribution >= 0.6 is 23.2 Å². The Labute approximate surface area is 237 Å². The lowest BCUT2D eigenvalue weighted by Gasteiger charge is -2.20. The van der Waals surface area contributed by atoms with Gasteiger partial charge in [-0.2, -0.15) is 0 Å². The predicted octanol–water partition coefficient (Wildman–Crippen LogP) is 3.88. The maximum atomic E-state index is 13.9. The molecule has 0 bridgehead atoms. The van der Waals surface area contributed by atoms with Crippen LogP contribution < -0.4 is 16.0 Å². The van der Waals surface area contributed by atoms with Crippen molar-refractivity contribution in [1.82, 2.24) is 5.32 Å². The zero-order valence-electron chi connectivity index (χ0n) is 20.5. The van der Waals surface area contributed by atoms with E-state index in [2.05, 4.69) is 16.0 Å². The van der Waals surface area contributed by atoms with Crippen LogP contribution in [0.3, 0.4) is 0 Å². The summed E-state index contributed by atoms with van der Waals surface area (Å²) >= 11 is 12.1. The molecule has 0 aliphatic carbocycles. The van der Waals surface area contributed by atoms with Gasteiger partial charge >= 0.3 is 5.97 Å². The van der Waals surface area contributed by atoms with E-state index in [1.165, 1.54) is 30.3 Å². The fourth-order valence-corrected chi connectivity index (χ4v) is 4.44. The summed E-state index contributed by atoms with van der Waals surface area (Å²) in [7, 11) is 0. The van der Waals surface area contributed by atoms with Crippen LogP contribution in [0.1, 0.15) is 15.9 Å². The summed E-state index contributed by atoms with van der Waals surface area (Å²) in [6.45, 7) is -0.391. The van der Waals surface area contributed by atoms with E-state index < -0.39 is 54.6 Å². The van der Waals surface area contributed by atoms with Crippen molar-refractivity contribution in [3.8, 4) is 0 Å². The summed E-state index contributed by atoms with van der Waals surface area (Å²) in [6.07, 6.45) is -3.00. The maximum Gasteiger partial charge on any atom is 0.326 e. The Morgan fingerprint density at radius 2 is 1.50 bits per heavy atom. The van der Waals surface area contributed by atoms with Crippen molar-refractivity contribution in [1.29, 1.82) is 0 Å². The molecule has 40 heavy (non-hydrogen) atoms. The number of hydrogen-bond acceptors (Lipinski definition) is 6. The summed E-state index contributed by atoms with van der Waals surface area (Å²) in [5, 5.41) is 17.4. The van der Waals surface area contributed by atoms with Gasteiger partial charge in [0.1, 0.15) is 18.7 Å². The van der Waals surface area contributed by atoms with Crippen molar-refractivity contribution in [2.24, 2.45) is 0 Å². The molecule has 3 aromatic carbocycles. The second-order valence-electron chi connectivity index (χ2n) is 8.61. The maximum absolute atomic E-state index is 13.9. The van der Waals surface area contributed by atoms with Crippen molar-refractivity contribution in [2.45, 2.75) is 24.7 Å². The Kier molecular flexibility index (Phi) is 9.33. The molecule has 3 atom stereocenters. The van der Waals surface area contributed by atoms with E-state index in [1.807, 2.05) is 0 Å². The molecule has 208 valence electrons. The normalized spacial score (nSPS) is 17.1. The third-order valence-electron chi connectivity index (χ3n) is 5.87. The minimum atomic E-state index is -1.46. The zero-order valence-corrected chi connectivity index (χ0v) is 22.0. The van der Waals surface area contributed by atoms with Crippen LogP contribution in [0.5, 0.6) is 0 Å². The molecule has 1 saturated heterocycles. The first-order valence-electron chi connectivity index (χ1n) is 11.8. The summed E-state index contributed by atoms with van der Waals surface area (Å²) in [6, 6.07) is 15.0. The first-order valence-corrected chi connectivity index (χ1v) is 12.6. The number of amides is 3. The number of benzene rings is 3. The van der Waals surface area contributed by atoms with Gasteiger partial charge in [-0.3, -0.25) is 14.4 Å². The molecule has 0 saturated carbocycles. The summed E-state index contributed by atoms with van der Waals surface area (Å²) in [5.41, 5.74) is 0.933. The van der Waals surface area contributed by atoms with Gasteiger partial charge in [0.15, 0.2) is 12.2 Å². The first-order chi connectivity index (χ1) is 19.1. The Morgan fingerprint density at radius 3 is 2.12 bits per heavy atom. The van der Waals surface area contributed by atoms with Gasteiger partial charge in [-0.1, -0.05) is 53.5 Å². The Bertz CT molecular complexity index is 1420. The summed E-state index contributed by atoms with van der Waals surface area (Å²) < 4.78 is 24.3. The van der Waals surface area contributed by atoms with Gasteiger partial charge < -0.3 is 30.5 Å². The molecule has 1 fully saturated rings. The largest absolute Gasteiger partial charge is 0.480 e. The molecule has 3 amide bonds. The average molecular weight is 590 g/mol. The third-order valence-corrected chi connectivity index (χ3v) is 6.50. The van der Waals surface area contributed by atoms with E-state index >= 15 is 0 Å². The van der Waals surface area contributed by atoms with Crippen molar-refractivity contribution >= 4 is 58.3 Å². The number of aliphatic carboxylic acids is 1. The lowest BCUT2D eigenvalue weighted by Crippen LogP contribution is -2.51. The number of carboxylic acid groups (broad SMARTS) is 1. The standard InChI is InChI=1S/C27H22Cl2FN3O7/c28-16-4-3-5-17(29)21(16)24(34)31-15-10-8-14(9-11-15)12-20(27(37)38)33-26(36)23-22(39-13-40-23)25(35)32-19-7-2-1-6-18(19)30/h1-11,20,22-23H,12-13H2,(H,31,34)(H,32,35)(H,33,36)(H,37,38)/t20-,22+,23+/m0/s1. The van der Waals surface area contributed by atoms with E-state index in [0.29, 0.717) is 11.3 Å². The predicted molar refractivity (Wildman–Crippen MR) is 144 cm³/mol. The quantitative estimate of drug-likeness (QED) is 0.296. The number of para-hydroxylation sites is 1. The number of anilines is 2. The number of rotatable bonds is 9. The fourth-order valence-electron chi connectivity index (χ4n) is 3.88. The van der Waals surface area contributed by atoms with Gasteiger partial charge in [-0.25, -0.2) is 9.18 Å². The highest BCUT2D eigenvalue weighted by atomic mass is 35.5. The summed E-state index contributed by atoms with van der Waals surface area (Å²) in [5.74, 6) is -4.25. The summed E-state index contributed by atoms with van der Waals surface area (Å²) in [4.78, 5) is 49.9. The van der Waals surface area contributed by atoms with Crippen LogP contribution in [0.4, 0.5) is 15.8 Å². The van der Waals surface area contributed by atoms with E-state index in [9.17, 15) is 28.7 Å². The Balaban J connectivity index is 1.37. The zero-order chi connectivity index (χ0) is 28.8. The fraction of sp³-hybridized carbons (Fsp3) is 0.185. The van der Waals surface area contributed by atoms with E-state index in [-0.39, 0.29) is 27.7 Å². The number of nitrogens with one attached hydrogen (secondary N) is 3. The van der Waals surface area contributed by atoms with Crippen LogP contribution in [0, 0.1) is 5.82 Å². The number of halogens is 3. The molecule has 13 heteroatoms. The molecule has 0 spiro atoms. The minimum Gasteiger partial charge on any atom is -0.480 e. The SMILES string of the molecule is O=C(Nc1ccc(C[C@H](NC(=O)[C@@H]2OCO[C@H]2C(=O)Nc2ccccc2F)C(=O)O)cc1)c1c(Cl)cccc1Cl. The van der Waals surface area contributed by atoms with Crippen LogP contribution in [0.25, 0.3) is 0 Å².